The topological polar surface area (TPSA) is 26.3 Å². The van der Waals surface area contributed by atoms with Crippen LogP contribution in [-0.2, 0) is 9.53 Å². The standard InChI is InChI=1S/C10H16O2/c1-2-3-8-10(11)12-9-6-4-5-7-9/h2,9H,1,3-8H2. The lowest BCUT2D eigenvalue weighted by Crippen LogP contribution is -2.13. The van der Waals surface area contributed by atoms with E-state index in [4.69, 9.17) is 4.74 Å². The maximum Gasteiger partial charge on any atom is 0.306 e. The molecule has 0 aromatic rings. The summed E-state index contributed by atoms with van der Waals surface area (Å²) in [5, 5.41) is 0. The van der Waals surface area contributed by atoms with Crippen LogP contribution in [0.15, 0.2) is 12.7 Å². The minimum Gasteiger partial charge on any atom is -0.462 e. The molecular formula is C10H16O2. The Balaban J connectivity index is 2.11. The van der Waals surface area contributed by atoms with Gasteiger partial charge in [-0.15, -0.1) is 6.58 Å². The van der Waals surface area contributed by atoms with Gasteiger partial charge in [0.2, 0.25) is 0 Å². The first-order chi connectivity index (χ1) is 5.83. The molecule has 2 nitrogen and oxygen atoms in total. The van der Waals surface area contributed by atoms with Gasteiger partial charge < -0.3 is 4.74 Å². The minimum absolute atomic E-state index is 0.0678. The molecule has 1 aliphatic rings. The lowest BCUT2D eigenvalue weighted by atomic mass is 10.3. The molecule has 0 heterocycles. The number of carbonyl (C=O) groups excluding carboxylic acids is 1. The van der Waals surface area contributed by atoms with Crippen LogP contribution in [0.5, 0.6) is 0 Å². The van der Waals surface area contributed by atoms with Crippen molar-refractivity contribution >= 4 is 5.97 Å². The van der Waals surface area contributed by atoms with Gasteiger partial charge in [0, 0.05) is 6.42 Å². The van der Waals surface area contributed by atoms with Crippen LogP contribution in [0.25, 0.3) is 0 Å². The zero-order valence-corrected chi connectivity index (χ0v) is 7.42. The van der Waals surface area contributed by atoms with E-state index < -0.39 is 0 Å². The smallest absolute Gasteiger partial charge is 0.306 e. The van der Waals surface area contributed by atoms with E-state index in [2.05, 4.69) is 6.58 Å². The molecule has 1 aliphatic carbocycles. The molecule has 0 spiro atoms. The van der Waals surface area contributed by atoms with Gasteiger partial charge >= 0.3 is 5.97 Å². The predicted molar refractivity (Wildman–Crippen MR) is 47.8 cm³/mol. The summed E-state index contributed by atoms with van der Waals surface area (Å²) in [5.41, 5.74) is 0. The van der Waals surface area contributed by atoms with E-state index in [0.29, 0.717) is 6.42 Å². The molecular weight excluding hydrogens is 152 g/mol. The predicted octanol–water partition coefficient (Wildman–Crippen LogP) is 2.44. The van der Waals surface area contributed by atoms with Gasteiger partial charge in [-0.25, -0.2) is 0 Å². The van der Waals surface area contributed by atoms with Crippen molar-refractivity contribution in [3.05, 3.63) is 12.7 Å². The molecule has 0 saturated heterocycles. The van der Waals surface area contributed by atoms with Crippen molar-refractivity contribution in [3.8, 4) is 0 Å². The van der Waals surface area contributed by atoms with E-state index in [-0.39, 0.29) is 12.1 Å². The highest BCUT2D eigenvalue weighted by atomic mass is 16.5. The van der Waals surface area contributed by atoms with E-state index in [1.54, 1.807) is 6.08 Å². The first-order valence-electron chi connectivity index (χ1n) is 4.63. The summed E-state index contributed by atoms with van der Waals surface area (Å²) in [6, 6.07) is 0. The molecule has 0 aromatic carbocycles. The zero-order valence-electron chi connectivity index (χ0n) is 7.42. The Hall–Kier alpha value is -0.790. The van der Waals surface area contributed by atoms with Crippen LogP contribution < -0.4 is 0 Å². The Bertz CT molecular complexity index is 157. The molecule has 0 unspecified atom stereocenters. The van der Waals surface area contributed by atoms with Crippen molar-refractivity contribution in [1.29, 1.82) is 0 Å². The van der Waals surface area contributed by atoms with Crippen molar-refractivity contribution in [2.75, 3.05) is 0 Å². The van der Waals surface area contributed by atoms with Crippen LogP contribution in [0.3, 0.4) is 0 Å². The van der Waals surface area contributed by atoms with Gasteiger partial charge in [0.25, 0.3) is 0 Å². The van der Waals surface area contributed by atoms with Gasteiger partial charge in [0.1, 0.15) is 6.10 Å². The highest BCUT2D eigenvalue weighted by molar-refractivity contribution is 5.69. The molecule has 0 aromatic heterocycles. The van der Waals surface area contributed by atoms with Crippen LogP contribution in [0.4, 0.5) is 0 Å². The average Bonchev–Trinajstić information content (AvgIpc) is 2.53. The van der Waals surface area contributed by atoms with Crippen molar-refractivity contribution in [3.63, 3.8) is 0 Å². The highest BCUT2D eigenvalue weighted by Gasteiger charge is 2.18. The monoisotopic (exact) mass is 168 g/mol. The Morgan fingerprint density at radius 3 is 2.75 bits per heavy atom. The molecule has 2 heteroatoms. The summed E-state index contributed by atoms with van der Waals surface area (Å²) >= 11 is 0. The van der Waals surface area contributed by atoms with Gasteiger partial charge in [-0.1, -0.05) is 6.08 Å². The third-order valence-electron chi connectivity index (χ3n) is 2.15. The SMILES string of the molecule is C=CCCC(=O)OC1CCCC1. The van der Waals surface area contributed by atoms with Crippen molar-refractivity contribution in [2.45, 2.75) is 44.6 Å². The van der Waals surface area contributed by atoms with E-state index in [9.17, 15) is 4.79 Å². The molecule has 0 atom stereocenters. The minimum atomic E-state index is -0.0678. The largest absolute Gasteiger partial charge is 0.462 e. The fourth-order valence-electron chi connectivity index (χ4n) is 1.47. The maximum absolute atomic E-state index is 11.1. The molecule has 0 radical (unpaired) electrons. The Labute approximate surface area is 73.6 Å². The van der Waals surface area contributed by atoms with Crippen molar-refractivity contribution < 1.29 is 9.53 Å². The second-order valence-corrected chi connectivity index (χ2v) is 3.22. The molecule has 1 rings (SSSR count). The van der Waals surface area contributed by atoms with E-state index in [1.165, 1.54) is 12.8 Å². The number of ether oxygens (including phenoxy) is 1. The number of rotatable bonds is 4. The number of esters is 1. The summed E-state index contributed by atoms with van der Waals surface area (Å²) in [6.45, 7) is 3.56. The fraction of sp³-hybridized carbons (Fsp3) is 0.700. The summed E-state index contributed by atoms with van der Waals surface area (Å²) in [5.74, 6) is -0.0678. The molecule has 0 amide bonds. The zero-order chi connectivity index (χ0) is 8.81. The quantitative estimate of drug-likeness (QED) is 0.476. The van der Waals surface area contributed by atoms with Crippen LogP contribution in [0.2, 0.25) is 0 Å². The number of hydrogen-bond donors (Lipinski definition) is 0. The van der Waals surface area contributed by atoms with Gasteiger partial charge in [-0.3, -0.25) is 4.79 Å². The van der Waals surface area contributed by atoms with Crippen LogP contribution >= 0.6 is 0 Å². The summed E-state index contributed by atoms with van der Waals surface area (Å²) in [4.78, 5) is 11.1. The van der Waals surface area contributed by atoms with Crippen LogP contribution in [-0.4, -0.2) is 12.1 Å². The third-order valence-corrected chi connectivity index (χ3v) is 2.15. The van der Waals surface area contributed by atoms with Gasteiger partial charge in [0.05, 0.1) is 0 Å². The first-order valence-corrected chi connectivity index (χ1v) is 4.63. The average molecular weight is 168 g/mol. The Morgan fingerprint density at radius 2 is 2.17 bits per heavy atom. The molecule has 0 N–H and O–H groups in total. The molecule has 0 bridgehead atoms. The summed E-state index contributed by atoms with van der Waals surface area (Å²) in [7, 11) is 0. The lowest BCUT2D eigenvalue weighted by Gasteiger charge is -2.10. The van der Waals surface area contributed by atoms with E-state index in [0.717, 1.165) is 19.3 Å². The van der Waals surface area contributed by atoms with Gasteiger partial charge in [-0.05, 0) is 32.1 Å². The molecule has 0 aliphatic heterocycles. The van der Waals surface area contributed by atoms with E-state index in [1.807, 2.05) is 0 Å². The number of hydrogen-bond acceptors (Lipinski definition) is 2. The second-order valence-electron chi connectivity index (χ2n) is 3.22. The normalized spacial score (nSPS) is 17.7. The van der Waals surface area contributed by atoms with Crippen LogP contribution in [0, 0.1) is 0 Å². The van der Waals surface area contributed by atoms with Crippen molar-refractivity contribution in [1.82, 2.24) is 0 Å². The molecule has 12 heavy (non-hydrogen) atoms. The van der Waals surface area contributed by atoms with Gasteiger partial charge in [0.15, 0.2) is 0 Å². The summed E-state index contributed by atoms with van der Waals surface area (Å²) in [6.07, 6.45) is 7.70. The maximum atomic E-state index is 11.1. The first kappa shape index (κ1) is 9.30. The summed E-state index contributed by atoms with van der Waals surface area (Å²) < 4.78 is 5.23. The molecule has 68 valence electrons. The van der Waals surface area contributed by atoms with Gasteiger partial charge in [-0.2, -0.15) is 0 Å². The Morgan fingerprint density at radius 1 is 1.50 bits per heavy atom. The highest BCUT2D eigenvalue weighted by Crippen LogP contribution is 2.21. The Kier molecular flexibility index (Phi) is 3.85. The fourth-order valence-corrected chi connectivity index (χ4v) is 1.47. The molecule has 1 fully saturated rings. The number of carbonyl (C=O) groups is 1. The number of allylic oxidation sites excluding steroid dienone is 1. The lowest BCUT2D eigenvalue weighted by molar-refractivity contribution is -0.148. The molecule has 1 saturated carbocycles. The van der Waals surface area contributed by atoms with E-state index >= 15 is 0 Å². The van der Waals surface area contributed by atoms with Crippen LogP contribution in [0.1, 0.15) is 38.5 Å². The second kappa shape index (κ2) is 4.96. The van der Waals surface area contributed by atoms with Crippen molar-refractivity contribution in [2.24, 2.45) is 0 Å². The third kappa shape index (κ3) is 3.07.